The standard InChI is InChI=1S/C19H20O3/c1-14(2)16-9-10-18-17(12-16)11-15(13-22-18)7-5-3-4-6-8-19(20)21/h3-12,14H,13H2,1-2H3,(H,20,21)/b4-3+,7-5+,8-6+. The van der Waals surface area contributed by atoms with Crippen LogP contribution < -0.4 is 4.74 Å². The van der Waals surface area contributed by atoms with Gasteiger partial charge >= 0.3 is 5.97 Å². The molecule has 0 atom stereocenters. The van der Waals surface area contributed by atoms with E-state index < -0.39 is 5.97 Å². The number of hydrogen-bond donors (Lipinski definition) is 1. The lowest BCUT2D eigenvalue weighted by Gasteiger charge is -2.18. The van der Waals surface area contributed by atoms with Crippen LogP contribution in [0.2, 0.25) is 0 Å². The highest BCUT2D eigenvalue weighted by molar-refractivity contribution is 5.80. The molecule has 1 aliphatic rings. The average molecular weight is 296 g/mol. The summed E-state index contributed by atoms with van der Waals surface area (Å²) in [6.07, 6.45) is 12.0. The summed E-state index contributed by atoms with van der Waals surface area (Å²) in [5.74, 6) is 0.458. The molecule has 1 N–H and O–H groups in total. The molecule has 0 fully saturated rings. The van der Waals surface area contributed by atoms with Crippen molar-refractivity contribution < 1.29 is 14.6 Å². The zero-order valence-corrected chi connectivity index (χ0v) is 12.8. The molecule has 3 nitrogen and oxygen atoms in total. The highest BCUT2D eigenvalue weighted by atomic mass is 16.5. The lowest BCUT2D eigenvalue weighted by molar-refractivity contribution is -0.131. The Kier molecular flexibility index (Phi) is 5.37. The zero-order chi connectivity index (χ0) is 15.9. The lowest BCUT2D eigenvalue weighted by Crippen LogP contribution is -2.06. The van der Waals surface area contributed by atoms with Crippen molar-refractivity contribution in [2.24, 2.45) is 0 Å². The van der Waals surface area contributed by atoms with Gasteiger partial charge in [-0.15, -0.1) is 0 Å². The van der Waals surface area contributed by atoms with E-state index in [0.29, 0.717) is 12.5 Å². The van der Waals surface area contributed by atoms with Crippen molar-refractivity contribution in [3.63, 3.8) is 0 Å². The summed E-state index contributed by atoms with van der Waals surface area (Å²) < 4.78 is 5.75. The minimum absolute atomic E-state index is 0.489. The van der Waals surface area contributed by atoms with E-state index in [2.05, 4.69) is 32.1 Å². The van der Waals surface area contributed by atoms with Crippen LogP contribution >= 0.6 is 0 Å². The first-order valence-corrected chi connectivity index (χ1v) is 7.28. The summed E-state index contributed by atoms with van der Waals surface area (Å²) in [5.41, 5.74) is 3.48. The Morgan fingerprint density at radius 3 is 2.73 bits per heavy atom. The first-order chi connectivity index (χ1) is 10.6. The highest BCUT2D eigenvalue weighted by Crippen LogP contribution is 2.29. The minimum atomic E-state index is -0.949. The van der Waals surface area contributed by atoms with Gasteiger partial charge in [-0.2, -0.15) is 0 Å². The molecule has 0 spiro atoms. The Hall–Kier alpha value is -2.55. The molecule has 2 rings (SSSR count). The van der Waals surface area contributed by atoms with Crippen molar-refractivity contribution in [1.29, 1.82) is 0 Å². The molecule has 0 aliphatic carbocycles. The van der Waals surface area contributed by atoms with Gasteiger partial charge in [0, 0.05) is 11.6 Å². The van der Waals surface area contributed by atoms with Crippen molar-refractivity contribution in [2.45, 2.75) is 19.8 Å². The smallest absolute Gasteiger partial charge is 0.328 e. The van der Waals surface area contributed by atoms with E-state index in [4.69, 9.17) is 9.84 Å². The Bertz CT molecular complexity index is 661. The summed E-state index contributed by atoms with van der Waals surface area (Å²) in [6, 6.07) is 6.30. The van der Waals surface area contributed by atoms with Crippen LogP contribution in [-0.2, 0) is 4.79 Å². The molecular weight excluding hydrogens is 276 g/mol. The number of allylic oxidation sites excluding steroid dienone is 4. The van der Waals surface area contributed by atoms with E-state index in [-0.39, 0.29) is 0 Å². The number of benzene rings is 1. The fourth-order valence-electron chi connectivity index (χ4n) is 2.11. The molecule has 0 aromatic heterocycles. The molecule has 1 aliphatic heterocycles. The molecule has 0 radical (unpaired) electrons. The maximum Gasteiger partial charge on any atom is 0.328 e. The number of aliphatic carboxylic acids is 1. The van der Waals surface area contributed by atoms with Gasteiger partial charge in [-0.25, -0.2) is 4.79 Å². The van der Waals surface area contributed by atoms with Crippen molar-refractivity contribution in [3.8, 4) is 5.75 Å². The third kappa shape index (κ3) is 4.48. The number of fused-ring (bicyclic) bond motifs is 1. The van der Waals surface area contributed by atoms with Crippen LogP contribution in [0, 0.1) is 0 Å². The number of carboxylic acids is 1. The molecule has 1 aromatic rings. The number of rotatable bonds is 5. The predicted octanol–water partition coefficient (Wildman–Crippen LogP) is 4.34. The van der Waals surface area contributed by atoms with Crippen molar-refractivity contribution >= 4 is 12.0 Å². The predicted molar refractivity (Wildman–Crippen MR) is 89.1 cm³/mol. The fourth-order valence-corrected chi connectivity index (χ4v) is 2.11. The SMILES string of the molecule is CC(C)c1ccc2c(c1)C=C(/C=C/C=C/C=C/C(=O)O)CO2. The van der Waals surface area contributed by atoms with Gasteiger partial charge in [0.05, 0.1) is 0 Å². The Morgan fingerprint density at radius 2 is 2.00 bits per heavy atom. The fraction of sp³-hybridized carbons (Fsp3) is 0.211. The van der Waals surface area contributed by atoms with Crippen LogP contribution in [0.1, 0.15) is 30.9 Å². The van der Waals surface area contributed by atoms with Gasteiger partial charge in [0.15, 0.2) is 0 Å². The first-order valence-electron chi connectivity index (χ1n) is 7.28. The van der Waals surface area contributed by atoms with E-state index in [1.54, 1.807) is 12.2 Å². The van der Waals surface area contributed by atoms with Gasteiger partial charge in [-0.1, -0.05) is 50.3 Å². The number of hydrogen-bond acceptors (Lipinski definition) is 2. The Labute approximate surface area is 130 Å². The number of ether oxygens (including phenoxy) is 1. The molecule has 0 saturated heterocycles. The zero-order valence-electron chi connectivity index (χ0n) is 12.8. The largest absolute Gasteiger partial charge is 0.488 e. The van der Waals surface area contributed by atoms with E-state index in [1.807, 2.05) is 18.2 Å². The molecule has 0 saturated carbocycles. The van der Waals surface area contributed by atoms with Crippen LogP contribution in [0.15, 0.2) is 60.2 Å². The molecule has 3 heteroatoms. The molecule has 1 heterocycles. The maximum absolute atomic E-state index is 10.3. The number of carbonyl (C=O) groups is 1. The van der Waals surface area contributed by atoms with Gasteiger partial charge in [-0.3, -0.25) is 0 Å². The second-order valence-corrected chi connectivity index (χ2v) is 5.40. The number of carboxylic acid groups (broad SMARTS) is 1. The summed E-state index contributed by atoms with van der Waals surface area (Å²) >= 11 is 0. The minimum Gasteiger partial charge on any atom is -0.488 e. The molecule has 22 heavy (non-hydrogen) atoms. The van der Waals surface area contributed by atoms with Crippen molar-refractivity contribution in [1.82, 2.24) is 0 Å². The molecule has 0 amide bonds. The van der Waals surface area contributed by atoms with E-state index in [0.717, 1.165) is 23.0 Å². The summed E-state index contributed by atoms with van der Waals surface area (Å²) in [4.78, 5) is 10.3. The quantitative estimate of drug-likeness (QED) is 0.649. The molecule has 114 valence electrons. The molecule has 1 aromatic carbocycles. The summed E-state index contributed by atoms with van der Waals surface area (Å²) in [7, 11) is 0. The van der Waals surface area contributed by atoms with Gasteiger partial charge in [0.1, 0.15) is 12.4 Å². The first kappa shape index (κ1) is 15.8. The third-order valence-electron chi connectivity index (χ3n) is 3.32. The van der Waals surface area contributed by atoms with Crippen LogP contribution in [0.5, 0.6) is 5.75 Å². The van der Waals surface area contributed by atoms with Crippen molar-refractivity contribution in [3.05, 3.63) is 71.4 Å². The Morgan fingerprint density at radius 1 is 1.23 bits per heavy atom. The van der Waals surface area contributed by atoms with Gasteiger partial charge in [0.25, 0.3) is 0 Å². The Balaban J connectivity index is 2.07. The normalized spacial score (nSPS) is 14.6. The second kappa shape index (κ2) is 7.46. The van der Waals surface area contributed by atoms with Gasteiger partial charge in [-0.05, 0) is 35.3 Å². The van der Waals surface area contributed by atoms with E-state index in [1.165, 1.54) is 11.6 Å². The van der Waals surface area contributed by atoms with E-state index in [9.17, 15) is 4.79 Å². The van der Waals surface area contributed by atoms with Crippen LogP contribution in [-0.4, -0.2) is 17.7 Å². The van der Waals surface area contributed by atoms with Gasteiger partial charge < -0.3 is 9.84 Å². The summed E-state index contributed by atoms with van der Waals surface area (Å²) in [5, 5.41) is 8.46. The maximum atomic E-state index is 10.3. The lowest BCUT2D eigenvalue weighted by atomic mass is 9.98. The van der Waals surface area contributed by atoms with Crippen LogP contribution in [0.4, 0.5) is 0 Å². The van der Waals surface area contributed by atoms with Crippen LogP contribution in [0.3, 0.4) is 0 Å². The topological polar surface area (TPSA) is 46.5 Å². The highest BCUT2D eigenvalue weighted by Gasteiger charge is 2.11. The molecule has 0 bridgehead atoms. The summed E-state index contributed by atoms with van der Waals surface area (Å²) in [6.45, 7) is 4.89. The molecular formula is C19H20O3. The third-order valence-corrected chi connectivity index (χ3v) is 3.32. The second-order valence-electron chi connectivity index (χ2n) is 5.40. The average Bonchev–Trinajstić information content (AvgIpc) is 2.49. The monoisotopic (exact) mass is 296 g/mol. The van der Waals surface area contributed by atoms with Crippen LogP contribution in [0.25, 0.3) is 6.08 Å². The van der Waals surface area contributed by atoms with Crippen molar-refractivity contribution in [2.75, 3.05) is 6.61 Å². The van der Waals surface area contributed by atoms with Gasteiger partial charge in [0.2, 0.25) is 0 Å². The molecule has 0 unspecified atom stereocenters. The van der Waals surface area contributed by atoms with E-state index >= 15 is 0 Å².